The van der Waals surface area contributed by atoms with E-state index in [0.717, 1.165) is 31.4 Å². The molecule has 1 aliphatic carbocycles. The predicted molar refractivity (Wildman–Crippen MR) is 91.7 cm³/mol. The third-order valence-corrected chi connectivity index (χ3v) is 5.34. The van der Waals surface area contributed by atoms with Gasteiger partial charge in [-0.15, -0.1) is 0 Å². The number of cyclic esters (lactones) is 2. The zero-order valence-corrected chi connectivity index (χ0v) is 15.3. The monoisotopic (exact) mass is 351 g/mol. The normalized spacial score (nSPS) is 31.5. The van der Waals surface area contributed by atoms with Gasteiger partial charge in [0.05, 0.1) is 5.71 Å². The first-order valence-corrected chi connectivity index (χ1v) is 9.66. The number of fused-ring (bicyclic) bond motifs is 1. The smallest absolute Gasteiger partial charge is 0.327 e. The summed E-state index contributed by atoms with van der Waals surface area (Å²) < 4.78 is 10.5. The number of esters is 2. The van der Waals surface area contributed by atoms with Crippen molar-refractivity contribution >= 4 is 17.7 Å². The van der Waals surface area contributed by atoms with Crippen LogP contribution in [-0.2, 0) is 23.9 Å². The molecule has 0 bridgehead atoms. The van der Waals surface area contributed by atoms with E-state index in [1.165, 1.54) is 38.5 Å². The standard InChI is InChI=1S/C19H29NO5/c1-19(2)23-17(21)15(18(22)24-19)16-13-11-9-7-5-3-4-6-8-10-12-14(13)20-25-16/h13,15-16H,3-12H2,1-2H3. The predicted octanol–water partition coefficient (Wildman–Crippen LogP) is 3.72. The summed E-state index contributed by atoms with van der Waals surface area (Å²) in [6.07, 6.45) is 10.8. The van der Waals surface area contributed by atoms with Crippen molar-refractivity contribution in [1.82, 2.24) is 0 Å². The van der Waals surface area contributed by atoms with Gasteiger partial charge in [-0.25, -0.2) is 0 Å². The molecule has 140 valence electrons. The van der Waals surface area contributed by atoms with Crippen LogP contribution in [0.2, 0.25) is 0 Å². The highest BCUT2D eigenvalue weighted by Gasteiger charge is 2.53. The molecule has 0 spiro atoms. The van der Waals surface area contributed by atoms with E-state index in [4.69, 9.17) is 14.3 Å². The first-order chi connectivity index (χ1) is 12.0. The molecule has 0 radical (unpaired) electrons. The molecule has 1 saturated heterocycles. The number of carbonyl (C=O) groups excluding carboxylic acids is 2. The minimum Gasteiger partial charge on any atom is -0.422 e. The molecule has 2 fully saturated rings. The summed E-state index contributed by atoms with van der Waals surface area (Å²) in [5.41, 5.74) is 0.996. The van der Waals surface area contributed by atoms with Crippen LogP contribution >= 0.6 is 0 Å². The van der Waals surface area contributed by atoms with Crippen molar-refractivity contribution in [2.45, 2.75) is 89.9 Å². The molecule has 0 aromatic carbocycles. The Morgan fingerprint density at radius 2 is 1.44 bits per heavy atom. The highest BCUT2D eigenvalue weighted by atomic mass is 16.7. The number of oxime groups is 1. The van der Waals surface area contributed by atoms with Gasteiger partial charge in [-0.2, -0.15) is 0 Å². The van der Waals surface area contributed by atoms with Crippen LogP contribution < -0.4 is 0 Å². The van der Waals surface area contributed by atoms with Crippen LogP contribution in [0.15, 0.2) is 5.16 Å². The van der Waals surface area contributed by atoms with Crippen molar-refractivity contribution in [3.63, 3.8) is 0 Å². The Hall–Kier alpha value is -1.59. The van der Waals surface area contributed by atoms with Crippen molar-refractivity contribution in [3.8, 4) is 0 Å². The van der Waals surface area contributed by atoms with Gasteiger partial charge in [-0.3, -0.25) is 9.59 Å². The van der Waals surface area contributed by atoms with Gasteiger partial charge in [-0.05, 0) is 19.3 Å². The summed E-state index contributed by atoms with van der Waals surface area (Å²) in [5, 5.41) is 4.25. The molecule has 2 unspecified atom stereocenters. The summed E-state index contributed by atoms with van der Waals surface area (Å²) in [5.74, 6) is -3.36. The maximum atomic E-state index is 12.4. The van der Waals surface area contributed by atoms with E-state index in [1.54, 1.807) is 13.8 Å². The highest BCUT2D eigenvalue weighted by molar-refractivity contribution is 5.99. The molecule has 25 heavy (non-hydrogen) atoms. The molecule has 3 aliphatic rings. The molecular weight excluding hydrogens is 322 g/mol. The van der Waals surface area contributed by atoms with Crippen LogP contribution in [-0.4, -0.2) is 29.5 Å². The SMILES string of the molecule is CC1(C)OC(=O)C(C2ON=C3CCCCCCCCCCC32)C(=O)O1. The molecule has 3 rings (SSSR count). The van der Waals surface area contributed by atoms with Crippen molar-refractivity contribution in [2.24, 2.45) is 17.0 Å². The van der Waals surface area contributed by atoms with E-state index in [0.29, 0.717) is 0 Å². The van der Waals surface area contributed by atoms with Crippen molar-refractivity contribution in [2.75, 3.05) is 0 Å². The number of carbonyl (C=O) groups is 2. The molecule has 0 amide bonds. The van der Waals surface area contributed by atoms with Crippen molar-refractivity contribution in [1.29, 1.82) is 0 Å². The molecule has 6 nitrogen and oxygen atoms in total. The summed E-state index contributed by atoms with van der Waals surface area (Å²) in [6, 6.07) is 0. The van der Waals surface area contributed by atoms with Gasteiger partial charge >= 0.3 is 11.9 Å². The Kier molecular flexibility index (Phi) is 5.64. The number of rotatable bonds is 1. The van der Waals surface area contributed by atoms with Gasteiger partial charge in [0.15, 0.2) is 12.0 Å². The topological polar surface area (TPSA) is 74.2 Å². The average molecular weight is 351 g/mol. The second-order valence-electron chi connectivity index (χ2n) is 7.85. The van der Waals surface area contributed by atoms with E-state index in [2.05, 4.69) is 5.16 Å². The lowest BCUT2D eigenvalue weighted by atomic mass is 9.82. The van der Waals surface area contributed by atoms with Crippen molar-refractivity contribution in [3.05, 3.63) is 0 Å². The van der Waals surface area contributed by atoms with Gasteiger partial charge in [-0.1, -0.05) is 50.1 Å². The molecule has 2 atom stereocenters. The first kappa shape index (κ1) is 18.2. The zero-order valence-electron chi connectivity index (χ0n) is 15.3. The van der Waals surface area contributed by atoms with Gasteiger partial charge < -0.3 is 14.3 Å². The molecule has 6 heteroatoms. The number of ether oxygens (including phenoxy) is 2. The van der Waals surface area contributed by atoms with Crippen LogP contribution in [0.25, 0.3) is 0 Å². The van der Waals surface area contributed by atoms with E-state index < -0.39 is 29.7 Å². The summed E-state index contributed by atoms with van der Waals surface area (Å²) >= 11 is 0. The number of hydrogen-bond donors (Lipinski definition) is 0. The Bertz CT molecular complexity index is 522. The van der Waals surface area contributed by atoms with Gasteiger partial charge in [0.1, 0.15) is 0 Å². The third-order valence-electron chi connectivity index (χ3n) is 5.34. The summed E-state index contributed by atoms with van der Waals surface area (Å²) in [6.45, 7) is 3.12. The quantitative estimate of drug-likeness (QED) is 0.532. The van der Waals surface area contributed by atoms with E-state index in [-0.39, 0.29) is 5.92 Å². The van der Waals surface area contributed by atoms with Gasteiger partial charge in [0.2, 0.25) is 0 Å². The van der Waals surface area contributed by atoms with Crippen LogP contribution in [0, 0.1) is 11.8 Å². The molecule has 0 aromatic rings. The number of nitrogens with zero attached hydrogens (tertiary/aromatic N) is 1. The fourth-order valence-electron chi connectivity index (χ4n) is 4.04. The molecule has 2 aliphatic heterocycles. The third kappa shape index (κ3) is 4.33. The van der Waals surface area contributed by atoms with E-state index >= 15 is 0 Å². The van der Waals surface area contributed by atoms with Crippen LogP contribution in [0.3, 0.4) is 0 Å². The fourth-order valence-corrected chi connectivity index (χ4v) is 4.04. The Morgan fingerprint density at radius 1 is 0.880 bits per heavy atom. The first-order valence-electron chi connectivity index (χ1n) is 9.66. The van der Waals surface area contributed by atoms with Crippen molar-refractivity contribution < 1.29 is 23.9 Å². The Labute approximate surface area is 149 Å². The maximum absolute atomic E-state index is 12.4. The highest BCUT2D eigenvalue weighted by Crippen LogP contribution is 2.36. The molecule has 0 N–H and O–H groups in total. The average Bonchev–Trinajstić information content (AvgIpc) is 2.88. The maximum Gasteiger partial charge on any atom is 0.327 e. The minimum absolute atomic E-state index is 0.00531. The van der Waals surface area contributed by atoms with Crippen LogP contribution in [0.4, 0.5) is 0 Å². The molecular formula is C19H29NO5. The minimum atomic E-state index is -1.21. The van der Waals surface area contributed by atoms with Gasteiger partial charge in [0, 0.05) is 19.8 Å². The molecule has 1 saturated carbocycles. The molecule has 0 aromatic heterocycles. The molecule has 2 heterocycles. The lowest BCUT2D eigenvalue weighted by Crippen LogP contribution is -2.52. The summed E-state index contributed by atoms with van der Waals surface area (Å²) in [7, 11) is 0. The Morgan fingerprint density at radius 3 is 2.08 bits per heavy atom. The Balaban J connectivity index is 1.71. The second kappa shape index (κ2) is 7.75. The van der Waals surface area contributed by atoms with Crippen LogP contribution in [0.5, 0.6) is 0 Å². The lowest BCUT2D eigenvalue weighted by molar-refractivity contribution is -0.246. The van der Waals surface area contributed by atoms with E-state index in [1.807, 2.05) is 0 Å². The zero-order chi connectivity index (χ0) is 17.9. The summed E-state index contributed by atoms with van der Waals surface area (Å²) in [4.78, 5) is 30.4. The number of hydrogen-bond acceptors (Lipinski definition) is 6. The second-order valence-corrected chi connectivity index (χ2v) is 7.85. The lowest BCUT2D eigenvalue weighted by Gasteiger charge is -2.35. The largest absolute Gasteiger partial charge is 0.422 e. The fraction of sp³-hybridized carbons (Fsp3) is 0.842. The van der Waals surface area contributed by atoms with Crippen LogP contribution in [0.1, 0.15) is 78.1 Å². The van der Waals surface area contributed by atoms with E-state index in [9.17, 15) is 9.59 Å². The van der Waals surface area contributed by atoms with Gasteiger partial charge in [0.25, 0.3) is 5.79 Å².